The summed E-state index contributed by atoms with van der Waals surface area (Å²) in [6.45, 7) is 2.73. The Bertz CT molecular complexity index is 572. The van der Waals surface area contributed by atoms with E-state index in [0.717, 1.165) is 10.0 Å². The van der Waals surface area contributed by atoms with Crippen molar-refractivity contribution in [3.8, 4) is 0 Å². The predicted molar refractivity (Wildman–Crippen MR) is 83.5 cm³/mol. The topological polar surface area (TPSA) is 12.0 Å². The van der Waals surface area contributed by atoms with Gasteiger partial charge in [0.25, 0.3) is 0 Å². The van der Waals surface area contributed by atoms with Gasteiger partial charge in [-0.15, -0.1) is 0 Å². The van der Waals surface area contributed by atoms with Gasteiger partial charge in [-0.3, -0.25) is 0 Å². The summed E-state index contributed by atoms with van der Waals surface area (Å²) in [6.07, 6.45) is 0. The van der Waals surface area contributed by atoms with Gasteiger partial charge in [-0.25, -0.2) is 4.39 Å². The molecule has 0 saturated carbocycles. The third kappa shape index (κ3) is 4.13. The molecule has 19 heavy (non-hydrogen) atoms. The fourth-order valence-corrected chi connectivity index (χ4v) is 2.48. The van der Waals surface area contributed by atoms with Gasteiger partial charge in [0.2, 0.25) is 0 Å². The van der Waals surface area contributed by atoms with Gasteiger partial charge in [0.15, 0.2) is 0 Å². The molecule has 0 spiro atoms. The van der Waals surface area contributed by atoms with E-state index < -0.39 is 0 Å². The maximum absolute atomic E-state index is 13.4. The smallest absolute Gasteiger partial charge is 0.137 e. The normalized spacial score (nSPS) is 12.4. The highest BCUT2D eigenvalue weighted by Gasteiger charge is 2.06. The molecule has 0 aliphatic carbocycles. The summed E-state index contributed by atoms with van der Waals surface area (Å²) in [5, 5.41) is 3.39. The van der Waals surface area contributed by atoms with Crippen molar-refractivity contribution in [2.24, 2.45) is 0 Å². The van der Waals surface area contributed by atoms with Gasteiger partial charge in [-0.05, 0) is 58.2 Å². The van der Waals surface area contributed by atoms with Crippen molar-refractivity contribution in [1.29, 1.82) is 0 Å². The molecule has 0 amide bonds. The molecule has 0 aromatic heterocycles. The lowest BCUT2D eigenvalue weighted by atomic mass is 10.1. The second-order valence-corrected chi connectivity index (χ2v) is 6.18. The monoisotopic (exact) mass is 385 g/mol. The molecular formula is C15H14Br2FN. The minimum absolute atomic E-state index is 0.212. The van der Waals surface area contributed by atoms with Crippen LogP contribution < -0.4 is 5.32 Å². The zero-order valence-electron chi connectivity index (χ0n) is 10.5. The Labute approximate surface area is 129 Å². The summed E-state index contributed by atoms with van der Waals surface area (Å²) in [7, 11) is 0. The second kappa shape index (κ2) is 6.64. The Hall–Kier alpha value is -0.710. The Balaban J connectivity index is 2.00. The van der Waals surface area contributed by atoms with E-state index in [1.165, 1.54) is 5.56 Å². The van der Waals surface area contributed by atoms with E-state index in [-0.39, 0.29) is 11.9 Å². The van der Waals surface area contributed by atoms with Crippen LogP contribution in [-0.2, 0) is 6.54 Å². The van der Waals surface area contributed by atoms with Gasteiger partial charge in [0, 0.05) is 17.1 Å². The van der Waals surface area contributed by atoms with Crippen LogP contribution in [0.3, 0.4) is 0 Å². The van der Waals surface area contributed by atoms with Crippen molar-refractivity contribution in [2.45, 2.75) is 19.5 Å². The predicted octanol–water partition coefficient (Wildman–Crippen LogP) is 5.20. The molecule has 1 atom stereocenters. The molecule has 0 bridgehead atoms. The number of rotatable bonds is 4. The minimum Gasteiger partial charge on any atom is -0.306 e. The minimum atomic E-state index is -0.227. The lowest BCUT2D eigenvalue weighted by Gasteiger charge is -2.15. The lowest BCUT2D eigenvalue weighted by molar-refractivity contribution is 0.568. The highest BCUT2D eigenvalue weighted by molar-refractivity contribution is 9.10. The van der Waals surface area contributed by atoms with E-state index in [4.69, 9.17) is 0 Å². The maximum atomic E-state index is 13.4. The molecule has 2 rings (SSSR count). The quantitative estimate of drug-likeness (QED) is 0.761. The van der Waals surface area contributed by atoms with Crippen molar-refractivity contribution in [1.82, 2.24) is 5.32 Å². The summed E-state index contributed by atoms with van der Waals surface area (Å²) >= 11 is 6.61. The number of benzene rings is 2. The van der Waals surface area contributed by atoms with E-state index >= 15 is 0 Å². The molecule has 0 aliphatic rings. The Morgan fingerprint density at radius 1 is 1.16 bits per heavy atom. The van der Waals surface area contributed by atoms with Crippen LogP contribution in [0.25, 0.3) is 0 Å². The van der Waals surface area contributed by atoms with E-state index in [2.05, 4.69) is 56.2 Å². The summed E-state index contributed by atoms with van der Waals surface area (Å²) in [4.78, 5) is 0. The van der Waals surface area contributed by atoms with Crippen molar-refractivity contribution >= 4 is 31.9 Å². The molecule has 1 N–H and O–H groups in total. The molecule has 0 aliphatic heterocycles. The van der Waals surface area contributed by atoms with Gasteiger partial charge in [-0.1, -0.05) is 34.1 Å². The highest BCUT2D eigenvalue weighted by Crippen LogP contribution is 2.19. The van der Waals surface area contributed by atoms with E-state index in [9.17, 15) is 4.39 Å². The van der Waals surface area contributed by atoms with Crippen LogP contribution in [0.5, 0.6) is 0 Å². The fourth-order valence-electron chi connectivity index (χ4n) is 1.81. The molecule has 0 fully saturated rings. The molecule has 1 nitrogen and oxygen atoms in total. The first-order valence-corrected chi connectivity index (χ1v) is 7.57. The summed E-state index contributed by atoms with van der Waals surface area (Å²) in [5.41, 5.74) is 2.13. The van der Waals surface area contributed by atoms with Crippen LogP contribution in [0, 0.1) is 5.82 Å². The van der Waals surface area contributed by atoms with Crippen molar-refractivity contribution < 1.29 is 4.39 Å². The molecule has 100 valence electrons. The van der Waals surface area contributed by atoms with E-state index in [1.807, 2.05) is 18.2 Å². The lowest BCUT2D eigenvalue weighted by Crippen LogP contribution is -2.18. The van der Waals surface area contributed by atoms with Gasteiger partial charge in [-0.2, -0.15) is 0 Å². The van der Waals surface area contributed by atoms with Crippen LogP contribution in [0.1, 0.15) is 24.1 Å². The Morgan fingerprint density at radius 2 is 1.95 bits per heavy atom. The van der Waals surface area contributed by atoms with Gasteiger partial charge < -0.3 is 5.32 Å². The van der Waals surface area contributed by atoms with E-state index in [1.54, 1.807) is 12.1 Å². The number of hydrogen-bond acceptors (Lipinski definition) is 1. The molecule has 2 aromatic rings. The molecule has 0 saturated heterocycles. The Morgan fingerprint density at radius 3 is 2.63 bits per heavy atom. The van der Waals surface area contributed by atoms with Crippen LogP contribution in [-0.4, -0.2) is 0 Å². The first-order valence-electron chi connectivity index (χ1n) is 5.99. The first kappa shape index (κ1) is 14.7. The van der Waals surface area contributed by atoms with Crippen LogP contribution in [0.4, 0.5) is 4.39 Å². The van der Waals surface area contributed by atoms with Gasteiger partial charge >= 0.3 is 0 Å². The zero-order valence-corrected chi connectivity index (χ0v) is 13.6. The Kier molecular flexibility index (Phi) is 5.13. The van der Waals surface area contributed by atoms with Gasteiger partial charge in [0.1, 0.15) is 5.82 Å². The summed E-state index contributed by atoms with van der Waals surface area (Å²) in [5.74, 6) is -0.227. The molecule has 2 aromatic carbocycles. The third-order valence-electron chi connectivity index (χ3n) is 2.95. The SMILES string of the molecule is C[C@H](NCc1ccc(Br)c(F)c1)c1cccc(Br)c1. The average molecular weight is 387 g/mol. The van der Waals surface area contributed by atoms with Crippen molar-refractivity contribution in [3.63, 3.8) is 0 Å². The highest BCUT2D eigenvalue weighted by atomic mass is 79.9. The molecule has 0 unspecified atom stereocenters. The second-order valence-electron chi connectivity index (χ2n) is 4.41. The number of hydrogen-bond donors (Lipinski definition) is 1. The standard InChI is InChI=1S/C15H14Br2FN/c1-10(12-3-2-4-13(16)8-12)19-9-11-5-6-14(17)15(18)7-11/h2-8,10,19H,9H2,1H3/t10-/m0/s1. The average Bonchev–Trinajstić information content (AvgIpc) is 2.40. The van der Waals surface area contributed by atoms with Gasteiger partial charge in [0.05, 0.1) is 4.47 Å². The molecular weight excluding hydrogens is 373 g/mol. The number of halogens is 3. The molecule has 0 radical (unpaired) electrons. The van der Waals surface area contributed by atoms with Crippen LogP contribution >= 0.6 is 31.9 Å². The van der Waals surface area contributed by atoms with Crippen molar-refractivity contribution in [3.05, 3.63) is 68.4 Å². The van der Waals surface area contributed by atoms with Crippen molar-refractivity contribution in [2.75, 3.05) is 0 Å². The molecule has 0 heterocycles. The molecule has 4 heteroatoms. The maximum Gasteiger partial charge on any atom is 0.137 e. The fraction of sp³-hybridized carbons (Fsp3) is 0.200. The van der Waals surface area contributed by atoms with E-state index in [0.29, 0.717) is 11.0 Å². The first-order chi connectivity index (χ1) is 9.06. The largest absolute Gasteiger partial charge is 0.306 e. The van der Waals surface area contributed by atoms with Crippen LogP contribution in [0.2, 0.25) is 0 Å². The summed E-state index contributed by atoms with van der Waals surface area (Å²) < 4.78 is 15.0. The van der Waals surface area contributed by atoms with Crippen LogP contribution in [0.15, 0.2) is 51.4 Å². The zero-order chi connectivity index (χ0) is 13.8. The summed E-state index contributed by atoms with van der Waals surface area (Å²) in [6, 6.07) is 13.6. The third-order valence-corrected chi connectivity index (χ3v) is 4.08. The number of nitrogens with one attached hydrogen (secondary N) is 1.